The number of benzene rings is 1. The van der Waals surface area contributed by atoms with E-state index in [1.54, 1.807) is 0 Å². The molecule has 1 aliphatic carbocycles. The Bertz CT molecular complexity index is 908. The van der Waals surface area contributed by atoms with Gasteiger partial charge in [-0.25, -0.2) is 0 Å². The van der Waals surface area contributed by atoms with Gasteiger partial charge < -0.3 is 15.5 Å². The van der Waals surface area contributed by atoms with Gasteiger partial charge in [0.05, 0.1) is 12.1 Å². The van der Waals surface area contributed by atoms with Gasteiger partial charge in [0.25, 0.3) is 5.91 Å². The summed E-state index contributed by atoms with van der Waals surface area (Å²) in [4.78, 5) is 39.6. The zero-order chi connectivity index (χ0) is 20.3. The van der Waals surface area contributed by atoms with Crippen LogP contribution in [0.2, 0.25) is 0 Å². The van der Waals surface area contributed by atoms with E-state index in [1.165, 1.54) is 23.2 Å². The van der Waals surface area contributed by atoms with E-state index < -0.39 is 0 Å². The maximum atomic E-state index is 13.0. The fourth-order valence-corrected chi connectivity index (χ4v) is 4.81. The highest BCUT2D eigenvalue weighted by Gasteiger charge is 2.28. The minimum atomic E-state index is -0.297. The lowest BCUT2D eigenvalue weighted by Crippen LogP contribution is -2.36. The average Bonchev–Trinajstić information content (AvgIpc) is 3.21. The van der Waals surface area contributed by atoms with Crippen molar-refractivity contribution in [2.45, 2.75) is 33.1 Å². The predicted molar refractivity (Wildman–Crippen MR) is 115 cm³/mol. The van der Waals surface area contributed by atoms with Crippen molar-refractivity contribution in [3.05, 3.63) is 44.7 Å². The van der Waals surface area contributed by atoms with E-state index in [0.717, 1.165) is 34.2 Å². The van der Waals surface area contributed by atoms with Crippen LogP contribution in [-0.2, 0) is 22.4 Å². The normalized spacial score (nSPS) is 12.4. The van der Waals surface area contributed by atoms with E-state index in [0.29, 0.717) is 22.8 Å². The molecule has 3 amide bonds. The molecule has 0 saturated heterocycles. The zero-order valence-electron chi connectivity index (χ0n) is 15.8. The number of likely N-dealkylation sites (N-methyl/N-ethyl adjacent to an activating group) is 1. The summed E-state index contributed by atoms with van der Waals surface area (Å²) in [7, 11) is 0. The van der Waals surface area contributed by atoms with E-state index in [1.807, 2.05) is 31.2 Å². The first-order chi connectivity index (χ1) is 13.4. The quantitative estimate of drug-likeness (QED) is 0.677. The molecule has 8 heteroatoms. The van der Waals surface area contributed by atoms with Crippen molar-refractivity contribution < 1.29 is 14.4 Å². The molecule has 0 bridgehead atoms. The van der Waals surface area contributed by atoms with Crippen molar-refractivity contribution in [2.24, 2.45) is 0 Å². The fourth-order valence-electron chi connectivity index (χ4n) is 3.24. The summed E-state index contributed by atoms with van der Waals surface area (Å²) in [6.45, 7) is 3.70. The molecule has 6 nitrogen and oxygen atoms in total. The lowest BCUT2D eigenvalue weighted by molar-refractivity contribution is -0.132. The number of nitrogens with one attached hydrogen (secondary N) is 2. The molecule has 1 aromatic heterocycles. The molecular formula is C20H22BrN3O3S. The van der Waals surface area contributed by atoms with Crippen molar-refractivity contribution in [2.75, 3.05) is 23.7 Å². The van der Waals surface area contributed by atoms with Crippen LogP contribution >= 0.6 is 27.3 Å². The first kappa shape index (κ1) is 20.5. The Labute approximate surface area is 176 Å². The van der Waals surface area contributed by atoms with Crippen LogP contribution in [0.5, 0.6) is 0 Å². The molecule has 148 valence electrons. The molecule has 1 heterocycles. The van der Waals surface area contributed by atoms with Crippen molar-refractivity contribution in [1.29, 1.82) is 0 Å². The molecule has 0 saturated carbocycles. The molecule has 1 aromatic carbocycles. The number of hydrogen-bond donors (Lipinski definition) is 2. The van der Waals surface area contributed by atoms with E-state index in [9.17, 15) is 14.4 Å². The van der Waals surface area contributed by atoms with Gasteiger partial charge in [-0.1, -0.05) is 15.9 Å². The number of amides is 3. The zero-order valence-corrected chi connectivity index (χ0v) is 18.2. The fraction of sp³-hybridized carbons (Fsp3) is 0.350. The van der Waals surface area contributed by atoms with Gasteiger partial charge in [-0.2, -0.15) is 0 Å². The molecule has 0 aliphatic heterocycles. The van der Waals surface area contributed by atoms with Crippen LogP contribution in [0.4, 0.5) is 10.7 Å². The minimum absolute atomic E-state index is 0.0256. The average molecular weight is 464 g/mol. The SMILES string of the molecule is CCN(CC(=O)Nc1sc2c(c1C(=O)Nc1ccc(Br)cc1)CCC2)C(C)=O. The Morgan fingerprint density at radius 3 is 2.50 bits per heavy atom. The minimum Gasteiger partial charge on any atom is -0.334 e. The van der Waals surface area contributed by atoms with Crippen LogP contribution in [0, 0.1) is 0 Å². The Morgan fingerprint density at radius 2 is 1.86 bits per heavy atom. The highest BCUT2D eigenvalue weighted by atomic mass is 79.9. The maximum Gasteiger partial charge on any atom is 0.258 e. The first-order valence-electron chi connectivity index (χ1n) is 9.15. The number of anilines is 2. The number of nitrogens with zero attached hydrogens (tertiary/aromatic N) is 1. The summed E-state index contributed by atoms with van der Waals surface area (Å²) >= 11 is 4.84. The largest absolute Gasteiger partial charge is 0.334 e. The molecule has 28 heavy (non-hydrogen) atoms. The third kappa shape index (κ3) is 4.62. The van der Waals surface area contributed by atoms with Crippen LogP contribution in [-0.4, -0.2) is 35.7 Å². The van der Waals surface area contributed by atoms with Crippen LogP contribution in [0.25, 0.3) is 0 Å². The standard InChI is InChI=1S/C20H22BrN3O3S/c1-3-24(12(2)25)11-17(26)23-20-18(15-5-4-6-16(15)28-20)19(27)22-14-9-7-13(21)8-10-14/h7-10H,3-6,11H2,1-2H3,(H,22,27)(H,23,26). The molecule has 1 aliphatic rings. The van der Waals surface area contributed by atoms with Crippen LogP contribution in [0.15, 0.2) is 28.7 Å². The molecule has 2 aromatic rings. The van der Waals surface area contributed by atoms with E-state index in [4.69, 9.17) is 0 Å². The molecule has 0 atom stereocenters. The number of aryl methyl sites for hydroxylation is 1. The van der Waals surface area contributed by atoms with Crippen molar-refractivity contribution in [3.63, 3.8) is 0 Å². The lowest BCUT2D eigenvalue weighted by Gasteiger charge is -2.18. The number of carbonyl (C=O) groups is 3. The maximum absolute atomic E-state index is 13.0. The van der Waals surface area contributed by atoms with Gasteiger partial charge in [0.1, 0.15) is 5.00 Å². The summed E-state index contributed by atoms with van der Waals surface area (Å²) in [5, 5.41) is 6.33. The Morgan fingerprint density at radius 1 is 1.14 bits per heavy atom. The molecule has 2 N–H and O–H groups in total. The third-order valence-electron chi connectivity index (χ3n) is 4.66. The summed E-state index contributed by atoms with van der Waals surface area (Å²) < 4.78 is 0.931. The highest BCUT2D eigenvalue weighted by Crippen LogP contribution is 2.39. The number of halogens is 1. The molecule has 0 unspecified atom stereocenters. The molecule has 3 rings (SSSR count). The summed E-state index contributed by atoms with van der Waals surface area (Å²) in [5.41, 5.74) is 2.26. The van der Waals surface area contributed by atoms with Gasteiger partial charge in [-0.15, -0.1) is 11.3 Å². The summed E-state index contributed by atoms with van der Waals surface area (Å²) in [6, 6.07) is 7.35. The molecule has 0 radical (unpaired) electrons. The van der Waals surface area contributed by atoms with E-state index in [-0.39, 0.29) is 24.3 Å². The van der Waals surface area contributed by atoms with Gasteiger partial charge in [0, 0.05) is 28.5 Å². The second kappa shape index (κ2) is 8.87. The highest BCUT2D eigenvalue weighted by molar-refractivity contribution is 9.10. The molecular weight excluding hydrogens is 442 g/mol. The lowest BCUT2D eigenvalue weighted by atomic mass is 10.1. The molecule has 0 spiro atoms. The topological polar surface area (TPSA) is 78.5 Å². The van der Waals surface area contributed by atoms with Gasteiger partial charge in [-0.3, -0.25) is 14.4 Å². The van der Waals surface area contributed by atoms with Crippen molar-refractivity contribution in [1.82, 2.24) is 4.90 Å². The Hall–Kier alpha value is -2.19. The van der Waals surface area contributed by atoms with Crippen molar-refractivity contribution in [3.8, 4) is 0 Å². The van der Waals surface area contributed by atoms with Gasteiger partial charge >= 0.3 is 0 Å². The van der Waals surface area contributed by atoms with E-state index in [2.05, 4.69) is 26.6 Å². The Kier molecular flexibility index (Phi) is 6.51. The third-order valence-corrected chi connectivity index (χ3v) is 6.40. The number of carbonyl (C=O) groups excluding carboxylic acids is 3. The Balaban J connectivity index is 1.80. The van der Waals surface area contributed by atoms with Crippen molar-refractivity contribution >= 4 is 55.7 Å². The van der Waals surface area contributed by atoms with Gasteiger partial charge in [0.2, 0.25) is 11.8 Å². The number of hydrogen-bond acceptors (Lipinski definition) is 4. The van der Waals surface area contributed by atoms with Crippen LogP contribution in [0.1, 0.15) is 41.1 Å². The second-order valence-electron chi connectivity index (χ2n) is 6.60. The van der Waals surface area contributed by atoms with Gasteiger partial charge in [0.15, 0.2) is 0 Å². The monoisotopic (exact) mass is 463 g/mol. The number of fused-ring (bicyclic) bond motifs is 1. The first-order valence-corrected chi connectivity index (χ1v) is 10.8. The van der Waals surface area contributed by atoms with Crippen LogP contribution < -0.4 is 10.6 Å². The molecule has 0 fully saturated rings. The predicted octanol–water partition coefficient (Wildman–Crippen LogP) is 4.06. The smallest absolute Gasteiger partial charge is 0.258 e. The second-order valence-corrected chi connectivity index (χ2v) is 8.62. The van der Waals surface area contributed by atoms with E-state index >= 15 is 0 Å². The number of thiophene rings is 1. The van der Waals surface area contributed by atoms with Gasteiger partial charge in [-0.05, 0) is 56.0 Å². The summed E-state index contributed by atoms with van der Waals surface area (Å²) in [5.74, 6) is -0.676. The summed E-state index contributed by atoms with van der Waals surface area (Å²) in [6.07, 6.45) is 2.77. The number of rotatable bonds is 6. The van der Waals surface area contributed by atoms with Crippen LogP contribution in [0.3, 0.4) is 0 Å².